The Labute approximate surface area is 118 Å². The van der Waals surface area contributed by atoms with Gasteiger partial charge in [0.2, 0.25) is 0 Å². The highest BCUT2D eigenvalue weighted by Crippen LogP contribution is 2.26. The molecule has 3 aromatic rings. The summed E-state index contributed by atoms with van der Waals surface area (Å²) in [7, 11) is 1.94. The SMILES string of the molecule is Cn1cc(C(=O)c2ccccc2)c(-c2ccccc2)c1. The van der Waals surface area contributed by atoms with Crippen molar-refractivity contribution in [2.75, 3.05) is 0 Å². The maximum atomic E-state index is 12.6. The van der Waals surface area contributed by atoms with Crippen LogP contribution >= 0.6 is 0 Å². The van der Waals surface area contributed by atoms with Crippen LogP contribution in [0.5, 0.6) is 0 Å². The molecule has 0 saturated carbocycles. The van der Waals surface area contributed by atoms with Crippen molar-refractivity contribution < 1.29 is 4.79 Å². The molecule has 0 aliphatic carbocycles. The normalized spacial score (nSPS) is 10.4. The molecule has 0 aliphatic rings. The van der Waals surface area contributed by atoms with Crippen LogP contribution in [0.2, 0.25) is 0 Å². The third kappa shape index (κ3) is 2.28. The summed E-state index contributed by atoms with van der Waals surface area (Å²) in [5.74, 6) is 0.0602. The number of aromatic nitrogens is 1. The van der Waals surface area contributed by atoms with Gasteiger partial charge in [0.1, 0.15) is 0 Å². The Bertz CT molecular complexity index is 727. The van der Waals surface area contributed by atoms with Crippen molar-refractivity contribution in [2.24, 2.45) is 7.05 Å². The van der Waals surface area contributed by atoms with Crippen LogP contribution in [-0.4, -0.2) is 10.4 Å². The summed E-state index contributed by atoms with van der Waals surface area (Å²) >= 11 is 0. The molecular formula is C18H15NO. The number of ketones is 1. The van der Waals surface area contributed by atoms with Gasteiger partial charge in [-0.05, 0) is 5.56 Å². The number of aryl methyl sites for hydroxylation is 1. The number of nitrogens with zero attached hydrogens (tertiary/aromatic N) is 1. The average Bonchev–Trinajstić information content (AvgIpc) is 2.90. The fourth-order valence-electron chi connectivity index (χ4n) is 2.36. The van der Waals surface area contributed by atoms with Crippen molar-refractivity contribution in [1.29, 1.82) is 0 Å². The predicted molar refractivity (Wildman–Crippen MR) is 80.7 cm³/mol. The first kappa shape index (κ1) is 12.4. The van der Waals surface area contributed by atoms with Gasteiger partial charge in [-0.2, -0.15) is 0 Å². The van der Waals surface area contributed by atoms with Crippen molar-refractivity contribution in [3.05, 3.63) is 84.2 Å². The first-order valence-corrected chi connectivity index (χ1v) is 6.57. The zero-order chi connectivity index (χ0) is 13.9. The summed E-state index contributed by atoms with van der Waals surface area (Å²) in [6.07, 6.45) is 3.88. The van der Waals surface area contributed by atoms with E-state index in [1.807, 2.05) is 84.7 Å². The lowest BCUT2D eigenvalue weighted by Gasteiger charge is -2.03. The number of benzene rings is 2. The monoisotopic (exact) mass is 261 g/mol. The minimum Gasteiger partial charge on any atom is -0.356 e. The van der Waals surface area contributed by atoms with E-state index >= 15 is 0 Å². The molecule has 0 radical (unpaired) electrons. The van der Waals surface area contributed by atoms with E-state index in [0.717, 1.165) is 22.3 Å². The number of hydrogen-bond acceptors (Lipinski definition) is 1. The Balaban J connectivity index is 2.09. The molecular weight excluding hydrogens is 246 g/mol. The second kappa shape index (κ2) is 5.17. The third-order valence-electron chi connectivity index (χ3n) is 3.32. The van der Waals surface area contributed by atoms with E-state index in [-0.39, 0.29) is 5.78 Å². The fraction of sp³-hybridized carbons (Fsp3) is 0.0556. The van der Waals surface area contributed by atoms with Crippen LogP contribution in [-0.2, 0) is 7.05 Å². The van der Waals surface area contributed by atoms with E-state index in [9.17, 15) is 4.79 Å². The van der Waals surface area contributed by atoms with Crippen LogP contribution in [0.1, 0.15) is 15.9 Å². The number of hydrogen-bond donors (Lipinski definition) is 0. The van der Waals surface area contributed by atoms with Crippen molar-refractivity contribution >= 4 is 5.78 Å². The Morgan fingerprint density at radius 3 is 2.10 bits per heavy atom. The molecule has 3 rings (SSSR count). The van der Waals surface area contributed by atoms with Gasteiger partial charge >= 0.3 is 0 Å². The van der Waals surface area contributed by atoms with Crippen molar-refractivity contribution in [3.63, 3.8) is 0 Å². The maximum Gasteiger partial charge on any atom is 0.195 e. The summed E-state index contributed by atoms with van der Waals surface area (Å²) in [5.41, 5.74) is 3.50. The molecule has 2 nitrogen and oxygen atoms in total. The third-order valence-corrected chi connectivity index (χ3v) is 3.32. The van der Waals surface area contributed by atoms with Gasteiger partial charge < -0.3 is 4.57 Å². The Hall–Kier alpha value is -2.61. The molecule has 0 fully saturated rings. The zero-order valence-corrected chi connectivity index (χ0v) is 11.3. The van der Waals surface area contributed by atoms with Crippen LogP contribution in [0.25, 0.3) is 11.1 Å². The van der Waals surface area contributed by atoms with Gasteiger partial charge in [0.25, 0.3) is 0 Å². The van der Waals surface area contributed by atoms with Gasteiger partial charge in [0, 0.05) is 36.1 Å². The first-order valence-electron chi connectivity index (χ1n) is 6.57. The van der Waals surface area contributed by atoms with Gasteiger partial charge in [-0.15, -0.1) is 0 Å². The molecule has 0 unspecified atom stereocenters. The molecule has 0 atom stereocenters. The number of rotatable bonds is 3. The standard InChI is InChI=1S/C18H15NO/c1-19-12-16(14-8-4-2-5-9-14)17(13-19)18(20)15-10-6-3-7-11-15/h2-13H,1H3. The van der Waals surface area contributed by atoms with E-state index < -0.39 is 0 Å². The highest BCUT2D eigenvalue weighted by Gasteiger charge is 2.16. The molecule has 1 heterocycles. The second-order valence-corrected chi connectivity index (χ2v) is 4.81. The van der Waals surface area contributed by atoms with Crippen LogP contribution in [0.4, 0.5) is 0 Å². The van der Waals surface area contributed by atoms with Crippen LogP contribution in [0.15, 0.2) is 73.1 Å². The van der Waals surface area contributed by atoms with Gasteiger partial charge in [-0.3, -0.25) is 4.79 Å². The van der Waals surface area contributed by atoms with Crippen LogP contribution in [0, 0.1) is 0 Å². The van der Waals surface area contributed by atoms with Gasteiger partial charge in [-0.1, -0.05) is 60.7 Å². The number of carbonyl (C=O) groups excluding carboxylic acids is 1. The highest BCUT2D eigenvalue weighted by molar-refractivity contribution is 6.12. The van der Waals surface area contributed by atoms with E-state index in [2.05, 4.69) is 0 Å². The molecule has 0 saturated heterocycles. The lowest BCUT2D eigenvalue weighted by molar-refractivity contribution is 0.103. The van der Waals surface area contributed by atoms with Gasteiger partial charge in [0.05, 0.1) is 0 Å². The van der Waals surface area contributed by atoms with Gasteiger partial charge in [0.15, 0.2) is 5.78 Å². The smallest absolute Gasteiger partial charge is 0.195 e. The maximum absolute atomic E-state index is 12.6. The van der Waals surface area contributed by atoms with E-state index in [1.165, 1.54) is 0 Å². The summed E-state index contributed by atoms with van der Waals surface area (Å²) < 4.78 is 1.93. The van der Waals surface area contributed by atoms with Gasteiger partial charge in [-0.25, -0.2) is 0 Å². The molecule has 0 aliphatic heterocycles. The fourth-order valence-corrected chi connectivity index (χ4v) is 2.36. The van der Waals surface area contributed by atoms with E-state index in [0.29, 0.717) is 0 Å². The molecule has 0 N–H and O–H groups in total. The van der Waals surface area contributed by atoms with Crippen molar-refractivity contribution in [1.82, 2.24) is 4.57 Å². The number of carbonyl (C=O) groups is 1. The Morgan fingerprint density at radius 1 is 0.850 bits per heavy atom. The molecule has 0 spiro atoms. The van der Waals surface area contributed by atoms with Crippen LogP contribution < -0.4 is 0 Å². The van der Waals surface area contributed by atoms with E-state index in [1.54, 1.807) is 0 Å². The minimum atomic E-state index is 0.0602. The average molecular weight is 261 g/mol. The van der Waals surface area contributed by atoms with Crippen LogP contribution in [0.3, 0.4) is 0 Å². The topological polar surface area (TPSA) is 22.0 Å². The first-order chi connectivity index (χ1) is 9.75. The predicted octanol–water partition coefficient (Wildman–Crippen LogP) is 3.92. The minimum absolute atomic E-state index is 0.0602. The van der Waals surface area contributed by atoms with Crippen molar-refractivity contribution in [2.45, 2.75) is 0 Å². The molecule has 1 aromatic heterocycles. The highest BCUT2D eigenvalue weighted by atomic mass is 16.1. The zero-order valence-electron chi connectivity index (χ0n) is 11.3. The summed E-state index contributed by atoms with van der Waals surface area (Å²) in [4.78, 5) is 12.6. The molecule has 2 heteroatoms. The summed E-state index contributed by atoms with van der Waals surface area (Å²) in [5, 5.41) is 0. The molecule has 0 amide bonds. The second-order valence-electron chi connectivity index (χ2n) is 4.81. The Kier molecular flexibility index (Phi) is 3.21. The summed E-state index contributed by atoms with van der Waals surface area (Å²) in [6.45, 7) is 0. The quantitative estimate of drug-likeness (QED) is 0.655. The Morgan fingerprint density at radius 2 is 1.45 bits per heavy atom. The van der Waals surface area contributed by atoms with E-state index in [4.69, 9.17) is 0 Å². The molecule has 0 bridgehead atoms. The summed E-state index contributed by atoms with van der Waals surface area (Å²) in [6, 6.07) is 19.4. The van der Waals surface area contributed by atoms with Crippen molar-refractivity contribution in [3.8, 4) is 11.1 Å². The lowest BCUT2D eigenvalue weighted by Crippen LogP contribution is -2.01. The molecule has 98 valence electrons. The molecule has 20 heavy (non-hydrogen) atoms. The molecule has 2 aromatic carbocycles. The lowest BCUT2D eigenvalue weighted by atomic mass is 9.98. The largest absolute Gasteiger partial charge is 0.356 e.